The van der Waals surface area contributed by atoms with Crippen molar-refractivity contribution in [3.63, 3.8) is 0 Å². The van der Waals surface area contributed by atoms with Crippen molar-refractivity contribution in [2.45, 2.75) is 9.79 Å². The number of hydrogen-bond acceptors (Lipinski definition) is 7. The number of amides is 2. The molecule has 0 fully saturated rings. The Kier molecular flexibility index (Phi) is 7.34. The SMILES string of the molecule is O=C(Nc1ccc2c(O)cc(S(=O)(=O)O)cc2c1)Nc1ccc2c(O)cc(S(=O)(=O)O)cc2c1.[Na]. The molecule has 0 aliphatic rings. The van der Waals surface area contributed by atoms with Gasteiger partial charge in [-0.15, -0.1) is 0 Å². The molecule has 0 aliphatic carbocycles. The number of phenols is 2. The maximum absolute atomic E-state index is 12.4. The van der Waals surface area contributed by atoms with Gasteiger partial charge in [-0.25, -0.2) is 4.79 Å². The van der Waals surface area contributed by atoms with Crippen molar-refractivity contribution in [1.82, 2.24) is 0 Å². The average molecular weight is 527 g/mol. The van der Waals surface area contributed by atoms with Crippen LogP contribution in [0, 0.1) is 0 Å². The minimum absolute atomic E-state index is 0. The largest absolute Gasteiger partial charge is 0.507 e. The third-order valence-electron chi connectivity index (χ3n) is 4.92. The van der Waals surface area contributed by atoms with E-state index >= 15 is 0 Å². The van der Waals surface area contributed by atoms with E-state index in [9.17, 15) is 40.9 Å². The van der Waals surface area contributed by atoms with Crippen molar-refractivity contribution >= 4 is 88.7 Å². The van der Waals surface area contributed by atoms with Crippen molar-refractivity contribution < 1.29 is 40.9 Å². The van der Waals surface area contributed by atoms with Crippen LogP contribution >= 0.6 is 0 Å². The normalized spacial score (nSPS) is 11.7. The summed E-state index contributed by atoms with van der Waals surface area (Å²) in [6.07, 6.45) is 0. The monoisotopic (exact) mass is 527 g/mol. The first-order valence-corrected chi connectivity index (χ1v) is 12.3. The van der Waals surface area contributed by atoms with Crippen LogP contribution in [-0.4, -0.2) is 71.7 Å². The number of aromatic hydroxyl groups is 2. The molecule has 2 amide bonds. The molecule has 4 aromatic carbocycles. The van der Waals surface area contributed by atoms with E-state index < -0.39 is 36.1 Å². The fraction of sp³-hybridized carbons (Fsp3) is 0. The second-order valence-electron chi connectivity index (χ2n) is 7.29. The summed E-state index contributed by atoms with van der Waals surface area (Å²) >= 11 is 0. The number of carbonyl (C=O) groups is 1. The number of hydrogen-bond donors (Lipinski definition) is 6. The van der Waals surface area contributed by atoms with Gasteiger partial charge < -0.3 is 20.8 Å². The van der Waals surface area contributed by atoms with E-state index in [0.29, 0.717) is 10.8 Å². The van der Waals surface area contributed by atoms with Crippen LogP contribution in [0.25, 0.3) is 21.5 Å². The zero-order valence-corrected chi connectivity index (χ0v) is 21.6. The Morgan fingerprint density at radius 1 is 0.629 bits per heavy atom. The van der Waals surface area contributed by atoms with E-state index in [1.54, 1.807) is 0 Å². The molecule has 6 N–H and O–H groups in total. The zero-order chi connectivity index (χ0) is 24.8. The van der Waals surface area contributed by atoms with Crippen LogP contribution in [0.2, 0.25) is 0 Å². The van der Waals surface area contributed by atoms with Crippen molar-refractivity contribution in [3.05, 3.63) is 60.7 Å². The Morgan fingerprint density at radius 3 is 1.34 bits per heavy atom. The molecule has 4 rings (SSSR count). The van der Waals surface area contributed by atoms with Gasteiger partial charge in [0.05, 0.1) is 9.79 Å². The van der Waals surface area contributed by atoms with Gasteiger partial charge in [-0.1, -0.05) is 0 Å². The molecule has 0 aliphatic heterocycles. The van der Waals surface area contributed by atoms with Crippen LogP contribution in [0.3, 0.4) is 0 Å². The molecule has 14 heteroatoms. The third kappa shape index (κ3) is 5.85. The van der Waals surface area contributed by atoms with Crippen LogP contribution in [0.5, 0.6) is 11.5 Å². The van der Waals surface area contributed by atoms with Crippen LogP contribution in [0.15, 0.2) is 70.5 Å². The molecule has 0 unspecified atom stereocenters. The van der Waals surface area contributed by atoms with Crippen molar-refractivity contribution in [2.24, 2.45) is 0 Å². The molecular formula is C21H16N2NaO9S2. The second-order valence-corrected chi connectivity index (χ2v) is 10.1. The van der Waals surface area contributed by atoms with Gasteiger partial charge in [-0.3, -0.25) is 9.11 Å². The third-order valence-corrected chi connectivity index (χ3v) is 6.58. The van der Waals surface area contributed by atoms with Gasteiger partial charge in [0.15, 0.2) is 0 Å². The molecule has 11 nitrogen and oxygen atoms in total. The molecular weight excluding hydrogens is 511 g/mol. The van der Waals surface area contributed by atoms with Gasteiger partial charge in [0.1, 0.15) is 11.5 Å². The smallest absolute Gasteiger partial charge is 0.323 e. The number of phenolic OH excluding ortho intramolecular Hbond substituents is 2. The van der Waals surface area contributed by atoms with Crippen molar-refractivity contribution in [2.75, 3.05) is 10.6 Å². The summed E-state index contributed by atoms with van der Waals surface area (Å²) in [5.74, 6) is -0.741. The first kappa shape index (κ1) is 26.7. The minimum atomic E-state index is -4.56. The summed E-state index contributed by atoms with van der Waals surface area (Å²) in [6, 6.07) is 12.0. The number of anilines is 2. The maximum atomic E-state index is 12.4. The molecule has 0 atom stereocenters. The molecule has 4 aromatic rings. The fourth-order valence-electron chi connectivity index (χ4n) is 3.39. The zero-order valence-electron chi connectivity index (χ0n) is 17.9. The van der Waals surface area contributed by atoms with Crippen LogP contribution in [0.4, 0.5) is 16.2 Å². The topological polar surface area (TPSA) is 190 Å². The quantitative estimate of drug-likeness (QED) is 0.171. The Hall–Kier alpha value is -2.91. The average Bonchev–Trinajstić information content (AvgIpc) is 2.71. The van der Waals surface area contributed by atoms with Gasteiger partial charge in [-0.05, 0) is 59.3 Å². The number of rotatable bonds is 4. The molecule has 0 heterocycles. The van der Waals surface area contributed by atoms with E-state index in [1.807, 2.05) is 0 Å². The first-order chi connectivity index (χ1) is 15.8. The first-order valence-electron chi connectivity index (χ1n) is 9.38. The Balaban J connectivity index is 0.00000342. The number of nitrogens with one attached hydrogen (secondary N) is 2. The minimum Gasteiger partial charge on any atom is -0.507 e. The Morgan fingerprint density at radius 2 is 1.00 bits per heavy atom. The van der Waals surface area contributed by atoms with E-state index in [0.717, 1.165) is 24.3 Å². The summed E-state index contributed by atoms with van der Waals surface area (Å²) in [7, 11) is -9.12. The van der Waals surface area contributed by atoms with Crippen molar-refractivity contribution in [3.8, 4) is 11.5 Å². The molecule has 0 saturated heterocycles. The predicted molar refractivity (Wildman–Crippen MR) is 129 cm³/mol. The molecule has 0 spiro atoms. The summed E-state index contributed by atoms with van der Waals surface area (Å²) in [6.45, 7) is 0. The standard InChI is InChI=1S/C21H16N2O9S2.Na/c24-19-9-15(33(27,28)29)7-11-5-13(1-3-17(11)19)22-21(26)23-14-2-4-18-12(6-14)8-16(10-20(18)25)34(30,31)32;/h1-10,24-25H,(H2,22,23,26)(H,27,28,29)(H,30,31,32);. The van der Waals surface area contributed by atoms with E-state index in [4.69, 9.17) is 0 Å². The van der Waals surface area contributed by atoms with Gasteiger partial charge in [0.2, 0.25) is 0 Å². The van der Waals surface area contributed by atoms with Crippen LogP contribution in [0.1, 0.15) is 0 Å². The van der Waals surface area contributed by atoms with Crippen molar-refractivity contribution in [1.29, 1.82) is 0 Å². The molecule has 35 heavy (non-hydrogen) atoms. The number of carbonyl (C=O) groups excluding carboxylic acids is 1. The number of fused-ring (bicyclic) bond motifs is 2. The van der Waals surface area contributed by atoms with Gasteiger partial charge >= 0.3 is 6.03 Å². The maximum Gasteiger partial charge on any atom is 0.323 e. The second kappa shape index (κ2) is 9.62. The molecule has 177 valence electrons. The van der Waals surface area contributed by atoms with Crippen LogP contribution in [-0.2, 0) is 20.2 Å². The van der Waals surface area contributed by atoms with Gasteiger partial charge in [0.25, 0.3) is 20.2 Å². The summed E-state index contributed by atoms with van der Waals surface area (Å²) in [5.41, 5.74) is 0.480. The van der Waals surface area contributed by atoms with Gasteiger partial charge in [0, 0.05) is 63.8 Å². The van der Waals surface area contributed by atoms with Gasteiger partial charge in [-0.2, -0.15) is 16.8 Å². The summed E-state index contributed by atoms with van der Waals surface area (Å²) in [4.78, 5) is 11.4. The molecule has 0 saturated carbocycles. The number of urea groups is 1. The van der Waals surface area contributed by atoms with E-state index in [2.05, 4.69) is 10.6 Å². The number of benzene rings is 4. The summed E-state index contributed by atoms with van der Waals surface area (Å²) < 4.78 is 64.0. The summed E-state index contributed by atoms with van der Waals surface area (Å²) in [5, 5.41) is 26.1. The Labute approximate surface area is 221 Å². The molecule has 0 aromatic heterocycles. The predicted octanol–water partition coefficient (Wildman–Crippen LogP) is 3.16. The van der Waals surface area contributed by atoms with E-state index in [1.165, 1.54) is 36.4 Å². The van der Waals surface area contributed by atoms with E-state index in [-0.39, 0.29) is 63.2 Å². The molecule has 1 radical (unpaired) electrons. The van der Waals surface area contributed by atoms with Crippen LogP contribution < -0.4 is 10.6 Å². The Bertz CT molecular complexity index is 1580. The molecule has 0 bridgehead atoms. The fourth-order valence-corrected chi connectivity index (χ4v) is 4.47.